The minimum atomic E-state index is -0.0805. The lowest BCUT2D eigenvalue weighted by molar-refractivity contribution is -0.0226. The van der Waals surface area contributed by atoms with Gasteiger partial charge in [-0.05, 0) is 38.5 Å². The molecule has 1 fully saturated rings. The van der Waals surface area contributed by atoms with Gasteiger partial charge in [0.1, 0.15) is 5.69 Å². The van der Waals surface area contributed by atoms with Gasteiger partial charge >= 0.3 is 0 Å². The average Bonchev–Trinajstić information content (AvgIpc) is 2.62. The van der Waals surface area contributed by atoms with Crippen molar-refractivity contribution < 1.29 is 9.53 Å². The highest BCUT2D eigenvalue weighted by Crippen LogP contribution is 2.17. The normalized spacial score (nSPS) is 18.1. The van der Waals surface area contributed by atoms with Crippen LogP contribution in [0.15, 0.2) is 23.0 Å². The molecule has 0 unspecified atom stereocenters. The van der Waals surface area contributed by atoms with Gasteiger partial charge in [-0.3, -0.25) is 9.59 Å². The van der Waals surface area contributed by atoms with Gasteiger partial charge in [0.2, 0.25) is 0 Å². The summed E-state index contributed by atoms with van der Waals surface area (Å²) >= 11 is 0. The Morgan fingerprint density at radius 3 is 2.88 bits per heavy atom. The second-order valence-corrected chi connectivity index (χ2v) is 6.10. The van der Waals surface area contributed by atoms with Crippen LogP contribution in [0.2, 0.25) is 0 Å². The third kappa shape index (κ3) is 2.94. The number of rotatable bonds is 3. The molecule has 1 saturated heterocycles. The van der Waals surface area contributed by atoms with E-state index in [1.54, 1.807) is 23.6 Å². The summed E-state index contributed by atoms with van der Waals surface area (Å²) in [6.45, 7) is 8.07. The van der Waals surface area contributed by atoms with Crippen molar-refractivity contribution in [3.63, 3.8) is 0 Å². The van der Waals surface area contributed by atoms with Crippen LogP contribution in [-0.2, 0) is 11.3 Å². The van der Waals surface area contributed by atoms with Crippen LogP contribution in [-0.4, -0.2) is 46.2 Å². The fourth-order valence-electron chi connectivity index (χ4n) is 3.15. The lowest BCUT2D eigenvalue weighted by Crippen LogP contribution is -2.45. The average molecular weight is 329 g/mol. The van der Waals surface area contributed by atoms with Crippen molar-refractivity contribution in [1.82, 2.24) is 14.5 Å². The summed E-state index contributed by atoms with van der Waals surface area (Å²) in [6, 6.07) is 5.38. The molecule has 1 aromatic heterocycles. The van der Waals surface area contributed by atoms with E-state index in [0.717, 1.165) is 11.9 Å². The number of carbonyl (C=O) groups excluding carboxylic acids is 1. The number of amides is 1. The molecular formula is C18H23N3O3. The molecule has 0 N–H and O–H groups in total. The molecule has 0 radical (unpaired) electrons. The lowest BCUT2D eigenvalue weighted by Gasteiger charge is -2.32. The first-order valence-electron chi connectivity index (χ1n) is 8.47. The fourth-order valence-corrected chi connectivity index (χ4v) is 3.15. The molecule has 6 heteroatoms. The highest BCUT2D eigenvalue weighted by atomic mass is 16.5. The van der Waals surface area contributed by atoms with Crippen LogP contribution in [0.25, 0.3) is 11.0 Å². The first-order valence-corrected chi connectivity index (χ1v) is 8.47. The SMILES string of the molecule is CC[C@H]1CN(C(=O)c2ccc3c(c2)nc(C)c(=O)n3CC)CCO1. The zero-order valence-electron chi connectivity index (χ0n) is 14.4. The monoisotopic (exact) mass is 329 g/mol. The van der Waals surface area contributed by atoms with Gasteiger partial charge in [-0.15, -0.1) is 0 Å². The number of aryl methyl sites for hydroxylation is 2. The Hall–Kier alpha value is -2.21. The lowest BCUT2D eigenvalue weighted by atomic mass is 10.1. The summed E-state index contributed by atoms with van der Waals surface area (Å²) in [6.07, 6.45) is 0.999. The van der Waals surface area contributed by atoms with Gasteiger partial charge in [-0.1, -0.05) is 6.92 Å². The number of hydrogen-bond acceptors (Lipinski definition) is 4. The number of carbonyl (C=O) groups is 1. The standard InChI is InChI=1S/C18H23N3O3/c1-4-14-11-20(8-9-24-14)18(23)13-6-7-16-15(10-13)19-12(3)17(22)21(16)5-2/h6-7,10,14H,4-5,8-9,11H2,1-3H3/t14-/m0/s1. The van der Waals surface area contributed by atoms with Gasteiger partial charge in [0.15, 0.2) is 0 Å². The third-order valence-corrected chi connectivity index (χ3v) is 4.55. The molecule has 0 spiro atoms. The Bertz CT molecular complexity index is 828. The van der Waals surface area contributed by atoms with E-state index in [1.165, 1.54) is 0 Å². The summed E-state index contributed by atoms with van der Waals surface area (Å²) < 4.78 is 7.32. The molecule has 0 saturated carbocycles. The van der Waals surface area contributed by atoms with Crippen molar-refractivity contribution in [2.45, 2.75) is 39.8 Å². The van der Waals surface area contributed by atoms with E-state index < -0.39 is 0 Å². The second-order valence-electron chi connectivity index (χ2n) is 6.10. The molecule has 0 aliphatic carbocycles. The molecule has 2 heterocycles. The van der Waals surface area contributed by atoms with E-state index in [4.69, 9.17) is 4.74 Å². The molecule has 1 amide bonds. The summed E-state index contributed by atoms with van der Waals surface area (Å²) in [5, 5.41) is 0. The molecule has 2 aromatic rings. The number of fused-ring (bicyclic) bond motifs is 1. The Balaban J connectivity index is 1.97. The Labute approximate surface area is 141 Å². The molecule has 1 aliphatic rings. The van der Waals surface area contributed by atoms with Crippen LogP contribution >= 0.6 is 0 Å². The second kappa shape index (κ2) is 6.73. The third-order valence-electron chi connectivity index (χ3n) is 4.55. The van der Waals surface area contributed by atoms with Crippen LogP contribution < -0.4 is 5.56 Å². The minimum absolute atomic E-state index is 0.00708. The molecule has 1 atom stereocenters. The zero-order chi connectivity index (χ0) is 17.3. The summed E-state index contributed by atoms with van der Waals surface area (Å²) in [5.41, 5.74) is 2.42. The quantitative estimate of drug-likeness (QED) is 0.864. The van der Waals surface area contributed by atoms with E-state index in [2.05, 4.69) is 11.9 Å². The molecule has 6 nitrogen and oxygen atoms in total. The molecule has 24 heavy (non-hydrogen) atoms. The van der Waals surface area contributed by atoms with Crippen molar-refractivity contribution >= 4 is 16.9 Å². The Morgan fingerprint density at radius 1 is 1.38 bits per heavy atom. The number of hydrogen-bond donors (Lipinski definition) is 0. The molecule has 0 bridgehead atoms. The highest BCUT2D eigenvalue weighted by molar-refractivity contribution is 5.97. The Kier molecular flexibility index (Phi) is 4.66. The highest BCUT2D eigenvalue weighted by Gasteiger charge is 2.24. The van der Waals surface area contributed by atoms with Crippen molar-refractivity contribution in [1.29, 1.82) is 0 Å². The van der Waals surface area contributed by atoms with Gasteiger partial charge in [0.25, 0.3) is 11.5 Å². The molecule has 1 aromatic carbocycles. The first-order chi connectivity index (χ1) is 11.5. The van der Waals surface area contributed by atoms with Crippen LogP contribution in [0.5, 0.6) is 0 Å². The summed E-state index contributed by atoms with van der Waals surface area (Å²) in [7, 11) is 0. The number of benzene rings is 1. The van der Waals surface area contributed by atoms with Crippen molar-refractivity contribution in [3.8, 4) is 0 Å². The largest absolute Gasteiger partial charge is 0.375 e. The van der Waals surface area contributed by atoms with E-state index in [1.807, 2.05) is 17.9 Å². The van der Waals surface area contributed by atoms with Gasteiger partial charge in [0.05, 0.1) is 23.7 Å². The van der Waals surface area contributed by atoms with Gasteiger partial charge in [-0.2, -0.15) is 0 Å². The molecular weight excluding hydrogens is 306 g/mol. The first kappa shape index (κ1) is 16.6. The maximum Gasteiger partial charge on any atom is 0.272 e. The van der Waals surface area contributed by atoms with Crippen LogP contribution in [0, 0.1) is 6.92 Å². The van der Waals surface area contributed by atoms with Crippen molar-refractivity contribution in [2.24, 2.45) is 0 Å². The smallest absolute Gasteiger partial charge is 0.272 e. The van der Waals surface area contributed by atoms with Gasteiger partial charge in [0, 0.05) is 25.2 Å². The summed E-state index contributed by atoms with van der Waals surface area (Å²) in [5.74, 6) is -0.00708. The van der Waals surface area contributed by atoms with E-state index in [0.29, 0.717) is 43.0 Å². The van der Waals surface area contributed by atoms with Crippen molar-refractivity contribution in [3.05, 3.63) is 39.8 Å². The number of morpholine rings is 1. The van der Waals surface area contributed by atoms with Crippen LogP contribution in [0.3, 0.4) is 0 Å². The predicted octanol–water partition coefficient (Wildman–Crippen LogP) is 1.98. The van der Waals surface area contributed by atoms with E-state index in [-0.39, 0.29) is 17.6 Å². The maximum absolute atomic E-state index is 12.8. The van der Waals surface area contributed by atoms with Gasteiger partial charge < -0.3 is 14.2 Å². The van der Waals surface area contributed by atoms with E-state index >= 15 is 0 Å². The number of aromatic nitrogens is 2. The number of nitrogens with zero attached hydrogens (tertiary/aromatic N) is 3. The number of ether oxygens (including phenoxy) is 1. The zero-order valence-corrected chi connectivity index (χ0v) is 14.4. The van der Waals surface area contributed by atoms with Crippen LogP contribution in [0.4, 0.5) is 0 Å². The molecule has 1 aliphatic heterocycles. The van der Waals surface area contributed by atoms with Gasteiger partial charge in [-0.25, -0.2) is 4.98 Å². The van der Waals surface area contributed by atoms with Crippen molar-refractivity contribution in [2.75, 3.05) is 19.7 Å². The maximum atomic E-state index is 12.8. The Morgan fingerprint density at radius 2 is 2.17 bits per heavy atom. The fraction of sp³-hybridized carbons (Fsp3) is 0.500. The van der Waals surface area contributed by atoms with E-state index in [9.17, 15) is 9.59 Å². The predicted molar refractivity (Wildman–Crippen MR) is 92.3 cm³/mol. The topological polar surface area (TPSA) is 64.4 Å². The molecule has 128 valence electrons. The summed E-state index contributed by atoms with van der Waals surface area (Å²) in [4.78, 5) is 31.2. The molecule has 3 rings (SSSR count). The minimum Gasteiger partial charge on any atom is -0.375 e. The van der Waals surface area contributed by atoms with Crippen LogP contribution in [0.1, 0.15) is 36.3 Å².